The van der Waals surface area contributed by atoms with E-state index in [1.807, 2.05) is 26.8 Å². The zero-order chi connectivity index (χ0) is 9.70. The molecule has 0 aliphatic carbocycles. The van der Waals surface area contributed by atoms with E-state index >= 15 is 0 Å². The van der Waals surface area contributed by atoms with E-state index in [1.54, 1.807) is 14.1 Å². The molecule has 1 amide bonds. The average Bonchev–Trinajstić information content (AvgIpc) is 2.08. The van der Waals surface area contributed by atoms with Crippen molar-refractivity contribution in [1.29, 1.82) is 5.26 Å². The molecule has 0 rings (SSSR count). The quantitative estimate of drug-likeness (QED) is 0.545. The van der Waals surface area contributed by atoms with Gasteiger partial charge >= 0.3 is 0 Å². The van der Waals surface area contributed by atoms with Gasteiger partial charge in [-0.2, -0.15) is 5.26 Å². The summed E-state index contributed by atoms with van der Waals surface area (Å²) in [5, 5.41) is 7.62. The topological polar surface area (TPSA) is 44.1 Å². The molecule has 0 saturated heterocycles. The first-order chi connectivity index (χ1) is 5.18. The molecule has 3 heteroatoms. The SMILES string of the molecule is CC.CCC#N.CN(C)C=O. The number of nitrogens with zero attached hydrogens (tertiary/aromatic N) is 2. The van der Waals surface area contributed by atoms with Gasteiger partial charge in [0.15, 0.2) is 0 Å². The smallest absolute Gasteiger partial charge is 0.209 e. The molecule has 0 aromatic carbocycles. The lowest BCUT2D eigenvalue weighted by Crippen LogP contribution is -2.06. The summed E-state index contributed by atoms with van der Waals surface area (Å²) in [7, 11) is 3.38. The van der Waals surface area contributed by atoms with Crippen molar-refractivity contribution in [3.8, 4) is 6.07 Å². The number of carbonyl (C=O) groups excluding carboxylic acids is 1. The fraction of sp³-hybridized carbons (Fsp3) is 0.750. The molecule has 0 aromatic rings. The van der Waals surface area contributed by atoms with E-state index in [0.717, 1.165) is 6.41 Å². The minimum Gasteiger partial charge on any atom is -0.351 e. The summed E-state index contributed by atoms with van der Waals surface area (Å²) in [6.45, 7) is 5.82. The zero-order valence-corrected chi connectivity index (χ0v) is 8.09. The minimum absolute atomic E-state index is 0.625. The molecule has 3 nitrogen and oxygen atoms in total. The minimum atomic E-state index is 0.625. The Bertz CT molecular complexity index is 94.8. The lowest BCUT2D eigenvalue weighted by molar-refractivity contribution is -0.115. The number of hydrogen-bond acceptors (Lipinski definition) is 2. The van der Waals surface area contributed by atoms with Gasteiger partial charge in [-0.15, -0.1) is 0 Å². The molecule has 0 heterocycles. The van der Waals surface area contributed by atoms with Gasteiger partial charge in [0, 0.05) is 20.5 Å². The molecule has 0 unspecified atom stereocenters. The molecule has 0 saturated carbocycles. The van der Waals surface area contributed by atoms with E-state index in [4.69, 9.17) is 5.26 Å². The van der Waals surface area contributed by atoms with Gasteiger partial charge in [0.1, 0.15) is 0 Å². The Labute approximate surface area is 69.6 Å². The second kappa shape index (κ2) is 23.1. The maximum atomic E-state index is 9.43. The summed E-state index contributed by atoms with van der Waals surface area (Å²) in [4.78, 5) is 10.9. The van der Waals surface area contributed by atoms with Gasteiger partial charge in [-0.05, 0) is 0 Å². The third-order valence-corrected chi connectivity index (χ3v) is 0.369. The number of rotatable bonds is 1. The van der Waals surface area contributed by atoms with Crippen molar-refractivity contribution >= 4 is 6.41 Å². The first-order valence-electron chi connectivity index (χ1n) is 3.67. The van der Waals surface area contributed by atoms with E-state index in [9.17, 15) is 4.79 Å². The molecule has 11 heavy (non-hydrogen) atoms. The second-order valence-electron chi connectivity index (χ2n) is 1.58. The molecule has 0 fully saturated rings. The number of nitriles is 1. The molecule has 0 spiro atoms. The standard InChI is InChI=1S/C3H7NO.C3H5N.C2H6/c1-4(2)3-5;1-2-3-4;1-2/h3H,1-2H3;2H2,1H3;1-2H3. The van der Waals surface area contributed by atoms with Crippen molar-refractivity contribution in [1.82, 2.24) is 4.90 Å². The lowest BCUT2D eigenvalue weighted by Gasteiger charge is -1.93. The van der Waals surface area contributed by atoms with E-state index in [2.05, 4.69) is 0 Å². The first-order valence-corrected chi connectivity index (χ1v) is 3.67. The summed E-state index contributed by atoms with van der Waals surface area (Å²) >= 11 is 0. The van der Waals surface area contributed by atoms with Gasteiger partial charge in [0.25, 0.3) is 0 Å². The van der Waals surface area contributed by atoms with E-state index in [1.165, 1.54) is 4.90 Å². The van der Waals surface area contributed by atoms with Crippen LogP contribution in [0.2, 0.25) is 0 Å². The summed E-state index contributed by atoms with van der Waals surface area (Å²) in [6, 6.07) is 1.93. The van der Waals surface area contributed by atoms with Crippen molar-refractivity contribution in [2.75, 3.05) is 14.1 Å². The molecular formula is C8H18N2O. The molecule has 0 radical (unpaired) electrons. The van der Waals surface area contributed by atoms with Crippen molar-refractivity contribution in [3.05, 3.63) is 0 Å². The van der Waals surface area contributed by atoms with Crippen LogP contribution in [0.4, 0.5) is 0 Å². The van der Waals surface area contributed by atoms with Crippen molar-refractivity contribution in [2.24, 2.45) is 0 Å². The first kappa shape index (κ1) is 16.5. The molecule has 0 N–H and O–H groups in total. The summed E-state index contributed by atoms with van der Waals surface area (Å²) < 4.78 is 0. The molecule has 66 valence electrons. The van der Waals surface area contributed by atoms with Crippen LogP contribution in [0.5, 0.6) is 0 Å². The highest BCUT2D eigenvalue weighted by atomic mass is 16.1. The maximum Gasteiger partial charge on any atom is 0.209 e. The highest BCUT2D eigenvalue weighted by Crippen LogP contribution is 1.58. The molecule has 0 aliphatic rings. The largest absolute Gasteiger partial charge is 0.351 e. The Morgan fingerprint density at radius 1 is 1.45 bits per heavy atom. The molecule has 0 aliphatic heterocycles. The van der Waals surface area contributed by atoms with Crippen LogP contribution in [-0.2, 0) is 4.79 Å². The Morgan fingerprint density at radius 3 is 1.64 bits per heavy atom. The zero-order valence-electron chi connectivity index (χ0n) is 8.09. The summed E-state index contributed by atoms with van der Waals surface area (Å²) in [6.07, 6.45) is 1.38. The Hall–Kier alpha value is -1.04. The van der Waals surface area contributed by atoms with E-state index in [-0.39, 0.29) is 0 Å². The number of hydrogen-bond donors (Lipinski definition) is 0. The van der Waals surface area contributed by atoms with Crippen LogP contribution in [-0.4, -0.2) is 25.4 Å². The Morgan fingerprint density at radius 2 is 1.64 bits per heavy atom. The highest BCUT2D eigenvalue weighted by molar-refractivity contribution is 5.45. The molecule has 0 aromatic heterocycles. The third kappa shape index (κ3) is 113. The molecule has 0 bridgehead atoms. The number of carbonyl (C=O) groups is 1. The van der Waals surface area contributed by atoms with Crippen LogP contribution in [0.25, 0.3) is 0 Å². The third-order valence-electron chi connectivity index (χ3n) is 0.369. The van der Waals surface area contributed by atoms with Crippen LogP contribution >= 0.6 is 0 Å². The monoisotopic (exact) mass is 158 g/mol. The fourth-order valence-corrected chi connectivity index (χ4v) is 0. The van der Waals surface area contributed by atoms with Gasteiger partial charge in [-0.25, -0.2) is 0 Å². The normalized spacial score (nSPS) is 5.45. The van der Waals surface area contributed by atoms with Gasteiger partial charge in [-0.1, -0.05) is 20.8 Å². The van der Waals surface area contributed by atoms with Crippen LogP contribution in [0.3, 0.4) is 0 Å². The molecule has 0 atom stereocenters. The van der Waals surface area contributed by atoms with Crippen molar-refractivity contribution < 1.29 is 4.79 Å². The lowest BCUT2D eigenvalue weighted by atomic mass is 10.6. The van der Waals surface area contributed by atoms with Gasteiger partial charge in [-0.3, -0.25) is 4.79 Å². The second-order valence-corrected chi connectivity index (χ2v) is 1.58. The Balaban J connectivity index is -0.0000000965. The van der Waals surface area contributed by atoms with E-state index < -0.39 is 0 Å². The predicted molar refractivity (Wildman–Crippen MR) is 47.0 cm³/mol. The highest BCUT2D eigenvalue weighted by Gasteiger charge is 1.68. The maximum absolute atomic E-state index is 9.43. The van der Waals surface area contributed by atoms with Gasteiger partial charge in [0.05, 0.1) is 6.07 Å². The summed E-state index contributed by atoms with van der Waals surface area (Å²) in [5.74, 6) is 0. The average molecular weight is 158 g/mol. The van der Waals surface area contributed by atoms with Gasteiger partial charge < -0.3 is 4.90 Å². The van der Waals surface area contributed by atoms with Crippen molar-refractivity contribution in [3.63, 3.8) is 0 Å². The van der Waals surface area contributed by atoms with Crippen LogP contribution in [0, 0.1) is 11.3 Å². The molecular weight excluding hydrogens is 140 g/mol. The Kier molecular flexibility index (Phi) is 34.6. The van der Waals surface area contributed by atoms with E-state index in [0.29, 0.717) is 6.42 Å². The van der Waals surface area contributed by atoms with Crippen molar-refractivity contribution in [2.45, 2.75) is 27.2 Å². The fourth-order valence-electron chi connectivity index (χ4n) is 0. The summed E-state index contributed by atoms with van der Waals surface area (Å²) in [5.41, 5.74) is 0. The van der Waals surface area contributed by atoms with Gasteiger partial charge in [0.2, 0.25) is 6.41 Å². The van der Waals surface area contributed by atoms with Crippen LogP contribution in [0.1, 0.15) is 27.2 Å². The van der Waals surface area contributed by atoms with Crippen LogP contribution < -0.4 is 0 Å². The van der Waals surface area contributed by atoms with Crippen LogP contribution in [0.15, 0.2) is 0 Å². The predicted octanol–water partition coefficient (Wildman–Crippen LogP) is 1.65. The number of amides is 1.